The number of aromatic carboxylic acids is 1. The van der Waals surface area contributed by atoms with Crippen molar-refractivity contribution >= 4 is 11.9 Å². The lowest BCUT2D eigenvalue weighted by Gasteiger charge is -2.17. The summed E-state index contributed by atoms with van der Waals surface area (Å²) in [5.74, 6) is -0.788. The summed E-state index contributed by atoms with van der Waals surface area (Å²) in [7, 11) is 0. The average molecular weight is 296 g/mol. The van der Waals surface area contributed by atoms with Gasteiger partial charge in [-0.1, -0.05) is 19.1 Å². The Morgan fingerprint density at radius 3 is 2.90 bits per heavy atom. The summed E-state index contributed by atoms with van der Waals surface area (Å²) in [4.78, 5) is 24.5. The second-order valence-corrected chi connectivity index (χ2v) is 5.58. The number of hydrogen-bond donors (Lipinski definition) is 1. The minimum Gasteiger partial charge on any atom is -0.476 e. The Hall–Kier alpha value is -1.96. The third-order valence-corrected chi connectivity index (χ3v) is 3.22. The molecule has 2 rings (SSSR count). The summed E-state index contributed by atoms with van der Waals surface area (Å²) in [6.07, 6.45) is 2.17. The number of rotatable bonds is 6. The van der Waals surface area contributed by atoms with E-state index in [9.17, 15) is 9.59 Å². The molecule has 1 atom stereocenters. The van der Waals surface area contributed by atoms with Crippen molar-refractivity contribution in [3.05, 3.63) is 11.9 Å². The average Bonchev–Trinajstić information content (AvgIpc) is 3.04. The van der Waals surface area contributed by atoms with Crippen LogP contribution < -0.4 is 0 Å². The highest BCUT2D eigenvalue weighted by molar-refractivity contribution is 5.84. The van der Waals surface area contributed by atoms with Crippen LogP contribution in [0.25, 0.3) is 0 Å². The third-order valence-electron chi connectivity index (χ3n) is 3.22. The molecular formula is C13H20N4O4. The second-order valence-electron chi connectivity index (χ2n) is 5.58. The molecule has 1 saturated heterocycles. The fourth-order valence-corrected chi connectivity index (χ4v) is 2.13. The molecule has 1 aromatic heterocycles. The van der Waals surface area contributed by atoms with Gasteiger partial charge in [0.05, 0.1) is 12.3 Å². The maximum Gasteiger partial charge on any atom is 0.358 e. The van der Waals surface area contributed by atoms with Gasteiger partial charge in [0.1, 0.15) is 6.54 Å². The molecule has 8 heteroatoms. The van der Waals surface area contributed by atoms with E-state index in [-0.39, 0.29) is 24.2 Å². The molecule has 8 nitrogen and oxygen atoms in total. The summed E-state index contributed by atoms with van der Waals surface area (Å²) in [5.41, 5.74) is -0.164. The highest BCUT2D eigenvalue weighted by Gasteiger charge is 2.27. The molecule has 1 amide bonds. The third kappa shape index (κ3) is 4.25. The van der Waals surface area contributed by atoms with Crippen LogP contribution in [-0.4, -0.2) is 62.7 Å². The molecule has 0 aliphatic carbocycles. The van der Waals surface area contributed by atoms with E-state index in [0.29, 0.717) is 25.6 Å². The van der Waals surface area contributed by atoms with Gasteiger partial charge in [-0.2, -0.15) is 0 Å². The smallest absolute Gasteiger partial charge is 0.358 e. The van der Waals surface area contributed by atoms with Crippen LogP contribution in [0.5, 0.6) is 0 Å². The summed E-state index contributed by atoms with van der Waals surface area (Å²) in [6.45, 7) is 6.09. The van der Waals surface area contributed by atoms with Crippen molar-refractivity contribution in [1.29, 1.82) is 0 Å². The van der Waals surface area contributed by atoms with Gasteiger partial charge in [-0.15, -0.1) is 5.10 Å². The first-order chi connectivity index (χ1) is 9.95. The van der Waals surface area contributed by atoms with Gasteiger partial charge in [0.25, 0.3) is 0 Å². The minimum absolute atomic E-state index is 0.00280. The number of likely N-dealkylation sites (tertiary alicyclic amines) is 1. The highest BCUT2D eigenvalue weighted by atomic mass is 16.5. The van der Waals surface area contributed by atoms with E-state index in [4.69, 9.17) is 9.84 Å². The van der Waals surface area contributed by atoms with Crippen LogP contribution in [0, 0.1) is 5.92 Å². The van der Waals surface area contributed by atoms with Crippen LogP contribution >= 0.6 is 0 Å². The fraction of sp³-hybridized carbons (Fsp3) is 0.692. The predicted molar refractivity (Wildman–Crippen MR) is 72.8 cm³/mol. The van der Waals surface area contributed by atoms with Crippen molar-refractivity contribution < 1.29 is 19.4 Å². The zero-order chi connectivity index (χ0) is 15.4. The van der Waals surface area contributed by atoms with Crippen molar-refractivity contribution in [2.24, 2.45) is 5.92 Å². The molecule has 1 fully saturated rings. The zero-order valence-electron chi connectivity index (χ0n) is 12.2. The molecule has 21 heavy (non-hydrogen) atoms. The number of nitrogens with zero attached hydrogens (tertiary/aromatic N) is 4. The maximum atomic E-state index is 12.1. The number of ether oxygens (including phenoxy) is 1. The monoisotopic (exact) mass is 296 g/mol. The lowest BCUT2D eigenvalue weighted by atomic mass is 10.2. The Morgan fingerprint density at radius 1 is 1.52 bits per heavy atom. The number of carbonyl (C=O) groups excluding carboxylic acids is 1. The lowest BCUT2D eigenvalue weighted by molar-refractivity contribution is -0.131. The largest absolute Gasteiger partial charge is 0.476 e. The number of hydrogen-bond acceptors (Lipinski definition) is 5. The Balaban J connectivity index is 1.82. The molecule has 0 aromatic carbocycles. The summed E-state index contributed by atoms with van der Waals surface area (Å²) < 4.78 is 6.97. The molecular weight excluding hydrogens is 276 g/mol. The normalized spacial score (nSPS) is 18.4. The van der Waals surface area contributed by atoms with E-state index in [1.165, 1.54) is 10.9 Å². The van der Waals surface area contributed by atoms with Gasteiger partial charge in [0.2, 0.25) is 5.91 Å². The van der Waals surface area contributed by atoms with Crippen molar-refractivity contribution in [2.45, 2.75) is 32.9 Å². The van der Waals surface area contributed by atoms with Crippen molar-refractivity contribution in [2.75, 3.05) is 19.7 Å². The van der Waals surface area contributed by atoms with Crippen LogP contribution in [0.1, 0.15) is 30.8 Å². The number of carboxylic acids is 1. The number of aromatic nitrogens is 3. The molecule has 1 aliphatic heterocycles. The molecule has 2 heterocycles. The van der Waals surface area contributed by atoms with Gasteiger partial charge < -0.3 is 14.7 Å². The molecule has 1 unspecified atom stereocenters. The topological polar surface area (TPSA) is 97.5 Å². The Labute approximate surface area is 122 Å². The van der Waals surface area contributed by atoms with Crippen LogP contribution in [0.4, 0.5) is 0 Å². The number of amides is 1. The van der Waals surface area contributed by atoms with Crippen LogP contribution in [0.15, 0.2) is 6.20 Å². The maximum absolute atomic E-state index is 12.1. The van der Waals surface area contributed by atoms with Crippen LogP contribution in [0.3, 0.4) is 0 Å². The van der Waals surface area contributed by atoms with E-state index in [1.807, 2.05) is 0 Å². The van der Waals surface area contributed by atoms with Crippen molar-refractivity contribution in [3.63, 3.8) is 0 Å². The Kier molecular flexibility index (Phi) is 4.89. The molecule has 0 saturated carbocycles. The van der Waals surface area contributed by atoms with Crippen LogP contribution in [-0.2, 0) is 16.1 Å². The van der Waals surface area contributed by atoms with Gasteiger partial charge in [-0.25, -0.2) is 9.48 Å². The summed E-state index contributed by atoms with van der Waals surface area (Å²) >= 11 is 0. The number of carboxylic acid groups (broad SMARTS) is 1. The van der Waals surface area contributed by atoms with Gasteiger partial charge in [-0.3, -0.25) is 4.79 Å². The summed E-state index contributed by atoms with van der Waals surface area (Å²) in [5, 5.41) is 15.9. The Bertz CT molecular complexity index is 514. The molecule has 116 valence electrons. The van der Waals surface area contributed by atoms with E-state index >= 15 is 0 Å². The van der Waals surface area contributed by atoms with E-state index in [0.717, 1.165) is 6.42 Å². The first-order valence-electron chi connectivity index (χ1n) is 6.98. The van der Waals surface area contributed by atoms with Gasteiger partial charge >= 0.3 is 5.97 Å². The van der Waals surface area contributed by atoms with Crippen LogP contribution in [0.2, 0.25) is 0 Å². The SMILES string of the molecule is CC(C)COC1CCN(C(=O)Cn2cc(C(=O)O)nn2)C1. The standard InChI is InChI=1S/C13H20N4O4/c1-9(2)8-21-10-3-4-16(5-10)12(18)7-17-6-11(13(19)20)14-15-17/h6,9-10H,3-5,7-8H2,1-2H3,(H,19,20). The quantitative estimate of drug-likeness (QED) is 0.808. The molecule has 1 N–H and O–H groups in total. The molecule has 0 radical (unpaired) electrons. The fourth-order valence-electron chi connectivity index (χ4n) is 2.13. The number of carbonyl (C=O) groups is 2. The second kappa shape index (κ2) is 6.66. The predicted octanol–water partition coefficient (Wildman–Crippen LogP) is 0.250. The first-order valence-corrected chi connectivity index (χ1v) is 6.98. The lowest BCUT2D eigenvalue weighted by Crippen LogP contribution is -2.33. The first kappa shape index (κ1) is 15.4. The summed E-state index contributed by atoms with van der Waals surface area (Å²) in [6, 6.07) is 0. The minimum atomic E-state index is -1.16. The highest BCUT2D eigenvalue weighted by Crippen LogP contribution is 2.14. The van der Waals surface area contributed by atoms with Gasteiger partial charge in [-0.05, 0) is 12.3 Å². The molecule has 0 spiro atoms. The van der Waals surface area contributed by atoms with E-state index in [2.05, 4.69) is 24.2 Å². The van der Waals surface area contributed by atoms with Crippen molar-refractivity contribution in [1.82, 2.24) is 19.9 Å². The Morgan fingerprint density at radius 2 is 2.29 bits per heavy atom. The van der Waals surface area contributed by atoms with Gasteiger partial charge in [0, 0.05) is 19.7 Å². The van der Waals surface area contributed by atoms with E-state index in [1.54, 1.807) is 4.90 Å². The zero-order valence-corrected chi connectivity index (χ0v) is 12.2. The van der Waals surface area contributed by atoms with E-state index < -0.39 is 5.97 Å². The van der Waals surface area contributed by atoms with Gasteiger partial charge in [0.15, 0.2) is 5.69 Å². The van der Waals surface area contributed by atoms with Crippen molar-refractivity contribution in [3.8, 4) is 0 Å². The molecule has 0 bridgehead atoms. The molecule has 1 aromatic rings. The molecule has 1 aliphatic rings.